The third-order valence-electron chi connectivity index (χ3n) is 5.02. The van der Waals surface area contributed by atoms with Gasteiger partial charge in [0.05, 0.1) is 30.3 Å². The fourth-order valence-corrected chi connectivity index (χ4v) is 3.70. The van der Waals surface area contributed by atoms with Crippen LogP contribution in [0.15, 0.2) is 42.5 Å². The van der Waals surface area contributed by atoms with Crippen LogP contribution in [0.1, 0.15) is 22.3 Å². The number of rotatable bonds is 5. The molecule has 1 aliphatic rings. The molecule has 1 aromatic heterocycles. The first-order chi connectivity index (χ1) is 13.2. The van der Waals surface area contributed by atoms with Crippen LogP contribution in [0.25, 0.3) is 11.0 Å². The number of nitrogens with zero attached hydrogens (tertiary/aromatic N) is 3. The number of hydrogen-bond donors (Lipinski definition) is 0. The van der Waals surface area contributed by atoms with E-state index in [1.807, 2.05) is 36.4 Å². The van der Waals surface area contributed by atoms with Crippen LogP contribution in [0.3, 0.4) is 0 Å². The van der Waals surface area contributed by atoms with Gasteiger partial charge in [0.25, 0.3) is 0 Å². The highest BCUT2D eigenvalue weighted by molar-refractivity contribution is 5.91. The molecule has 2 heterocycles. The van der Waals surface area contributed by atoms with Crippen molar-refractivity contribution >= 4 is 28.6 Å². The van der Waals surface area contributed by atoms with E-state index in [-0.39, 0.29) is 5.97 Å². The van der Waals surface area contributed by atoms with E-state index in [0.29, 0.717) is 12.2 Å². The SMILES string of the molecule is COCCn1c(N2CCCc3ccc(C(=O)OC)cc32)nc2ccccc21. The van der Waals surface area contributed by atoms with Crippen LogP contribution < -0.4 is 4.90 Å². The average molecular weight is 365 g/mol. The molecule has 6 heteroatoms. The monoisotopic (exact) mass is 365 g/mol. The van der Waals surface area contributed by atoms with Gasteiger partial charge in [0.15, 0.2) is 0 Å². The fourth-order valence-electron chi connectivity index (χ4n) is 3.70. The molecule has 0 N–H and O–H groups in total. The van der Waals surface area contributed by atoms with Crippen molar-refractivity contribution in [2.24, 2.45) is 0 Å². The van der Waals surface area contributed by atoms with E-state index >= 15 is 0 Å². The molecule has 0 saturated heterocycles. The average Bonchev–Trinajstić information content (AvgIpc) is 3.09. The van der Waals surface area contributed by atoms with Crippen LogP contribution >= 0.6 is 0 Å². The number of hydrogen-bond acceptors (Lipinski definition) is 5. The van der Waals surface area contributed by atoms with Crippen LogP contribution in [0, 0.1) is 0 Å². The summed E-state index contributed by atoms with van der Waals surface area (Å²) in [5.74, 6) is 0.562. The largest absolute Gasteiger partial charge is 0.465 e. The molecule has 2 aromatic carbocycles. The first-order valence-electron chi connectivity index (χ1n) is 9.16. The summed E-state index contributed by atoms with van der Waals surface area (Å²) in [4.78, 5) is 19.1. The van der Waals surface area contributed by atoms with E-state index in [1.165, 1.54) is 12.7 Å². The first-order valence-corrected chi connectivity index (χ1v) is 9.16. The zero-order chi connectivity index (χ0) is 18.8. The van der Waals surface area contributed by atoms with E-state index in [0.717, 1.165) is 48.6 Å². The summed E-state index contributed by atoms with van der Waals surface area (Å²) in [5.41, 5.74) is 4.85. The van der Waals surface area contributed by atoms with Crippen molar-refractivity contribution in [2.75, 3.05) is 32.3 Å². The number of para-hydroxylation sites is 2. The molecule has 0 radical (unpaired) electrons. The smallest absolute Gasteiger partial charge is 0.337 e. The number of benzene rings is 2. The second-order valence-corrected chi connectivity index (χ2v) is 6.64. The maximum atomic E-state index is 12.0. The molecule has 0 spiro atoms. The van der Waals surface area contributed by atoms with Crippen LogP contribution in [-0.4, -0.2) is 42.9 Å². The van der Waals surface area contributed by atoms with Crippen molar-refractivity contribution in [3.05, 3.63) is 53.6 Å². The Morgan fingerprint density at radius 2 is 2.04 bits per heavy atom. The molecule has 0 fully saturated rings. The maximum absolute atomic E-state index is 12.0. The number of carbonyl (C=O) groups excluding carboxylic acids is 1. The molecule has 0 atom stereocenters. The molecule has 0 unspecified atom stereocenters. The summed E-state index contributed by atoms with van der Waals surface area (Å²) in [6, 6.07) is 13.9. The number of aromatic nitrogens is 2. The van der Waals surface area contributed by atoms with E-state index in [2.05, 4.69) is 15.5 Å². The highest BCUT2D eigenvalue weighted by atomic mass is 16.5. The normalized spacial score (nSPS) is 13.6. The van der Waals surface area contributed by atoms with E-state index in [4.69, 9.17) is 14.5 Å². The molecule has 1 aliphatic heterocycles. The lowest BCUT2D eigenvalue weighted by molar-refractivity contribution is 0.0600. The molecule has 0 amide bonds. The quantitative estimate of drug-likeness (QED) is 0.647. The standard InChI is InChI=1S/C21H23N3O3/c1-26-13-12-24-18-8-4-3-7-17(18)22-21(24)23-11-5-6-15-9-10-16(14-19(15)23)20(25)27-2/h3-4,7-10,14H,5-6,11-13H2,1-2H3. The number of methoxy groups -OCH3 is 2. The maximum Gasteiger partial charge on any atom is 0.337 e. The summed E-state index contributed by atoms with van der Waals surface area (Å²) >= 11 is 0. The number of ether oxygens (including phenoxy) is 2. The second kappa shape index (κ2) is 7.40. The Hall–Kier alpha value is -2.86. The lowest BCUT2D eigenvalue weighted by Gasteiger charge is -2.31. The topological polar surface area (TPSA) is 56.6 Å². The molecule has 0 aliphatic carbocycles. The van der Waals surface area contributed by atoms with Crippen LogP contribution in [0.5, 0.6) is 0 Å². The number of carbonyl (C=O) groups is 1. The number of aryl methyl sites for hydroxylation is 1. The molecule has 0 saturated carbocycles. The van der Waals surface area contributed by atoms with E-state index < -0.39 is 0 Å². The van der Waals surface area contributed by atoms with Crippen molar-refractivity contribution < 1.29 is 14.3 Å². The predicted molar refractivity (Wildman–Crippen MR) is 105 cm³/mol. The molecular weight excluding hydrogens is 342 g/mol. The molecular formula is C21H23N3O3. The van der Waals surface area contributed by atoms with Gasteiger partial charge in [-0.25, -0.2) is 9.78 Å². The van der Waals surface area contributed by atoms with Gasteiger partial charge in [-0.2, -0.15) is 0 Å². The van der Waals surface area contributed by atoms with Crippen LogP contribution in [0.2, 0.25) is 0 Å². The third kappa shape index (κ3) is 3.17. The minimum atomic E-state index is -0.323. The molecule has 6 nitrogen and oxygen atoms in total. The number of fused-ring (bicyclic) bond motifs is 2. The van der Waals surface area contributed by atoms with Crippen molar-refractivity contribution in [2.45, 2.75) is 19.4 Å². The van der Waals surface area contributed by atoms with Gasteiger partial charge in [-0.3, -0.25) is 0 Å². The summed E-state index contributed by atoms with van der Waals surface area (Å²) in [6.45, 7) is 2.18. The zero-order valence-corrected chi connectivity index (χ0v) is 15.6. The minimum absolute atomic E-state index is 0.323. The van der Waals surface area contributed by atoms with Crippen molar-refractivity contribution in [3.63, 3.8) is 0 Å². The Morgan fingerprint density at radius 1 is 1.19 bits per heavy atom. The Balaban J connectivity index is 1.84. The fraction of sp³-hybridized carbons (Fsp3) is 0.333. The Kier molecular flexibility index (Phi) is 4.81. The van der Waals surface area contributed by atoms with Gasteiger partial charge in [-0.15, -0.1) is 0 Å². The molecule has 0 bridgehead atoms. The first kappa shape index (κ1) is 17.5. The van der Waals surface area contributed by atoms with Gasteiger partial charge in [0.2, 0.25) is 5.95 Å². The Morgan fingerprint density at radius 3 is 2.85 bits per heavy atom. The molecule has 4 rings (SSSR count). The number of imidazole rings is 1. The Bertz CT molecular complexity index is 980. The van der Waals surface area contributed by atoms with Gasteiger partial charge < -0.3 is 18.9 Å². The van der Waals surface area contributed by atoms with Crippen LogP contribution in [0.4, 0.5) is 11.6 Å². The van der Waals surface area contributed by atoms with Crippen molar-refractivity contribution in [3.8, 4) is 0 Å². The second-order valence-electron chi connectivity index (χ2n) is 6.64. The highest BCUT2D eigenvalue weighted by Gasteiger charge is 2.25. The summed E-state index contributed by atoms with van der Waals surface area (Å²) < 4.78 is 12.4. The molecule has 140 valence electrons. The third-order valence-corrected chi connectivity index (χ3v) is 5.02. The number of esters is 1. The lowest BCUT2D eigenvalue weighted by Crippen LogP contribution is -2.28. The van der Waals surface area contributed by atoms with Gasteiger partial charge >= 0.3 is 5.97 Å². The van der Waals surface area contributed by atoms with Crippen LogP contribution in [-0.2, 0) is 22.4 Å². The summed E-state index contributed by atoms with van der Waals surface area (Å²) in [5, 5.41) is 0. The van der Waals surface area contributed by atoms with Gasteiger partial charge in [0.1, 0.15) is 0 Å². The van der Waals surface area contributed by atoms with Gasteiger partial charge in [0, 0.05) is 25.9 Å². The molecule has 27 heavy (non-hydrogen) atoms. The van der Waals surface area contributed by atoms with Crippen molar-refractivity contribution in [1.29, 1.82) is 0 Å². The van der Waals surface area contributed by atoms with E-state index in [1.54, 1.807) is 7.11 Å². The number of anilines is 2. The highest BCUT2D eigenvalue weighted by Crippen LogP contribution is 2.35. The van der Waals surface area contributed by atoms with Crippen molar-refractivity contribution in [1.82, 2.24) is 9.55 Å². The summed E-state index contributed by atoms with van der Waals surface area (Å²) in [7, 11) is 3.11. The summed E-state index contributed by atoms with van der Waals surface area (Å²) in [6.07, 6.45) is 2.03. The van der Waals surface area contributed by atoms with Gasteiger partial charge in [-0.1, -0.05) is 18.2 Å². The predicted octanol–water partition coefficient (Wildman–Crippen LogP) is 3.55. The van der Waals surface area contributed by atoms with E-state index in [9.17, 15) is 4.79 Å². The Labute approximate surface area is 158 Å². The zero-order valence-electron chi connectivity index (χ0n) is 15.6. The molecule has 3 aromatic rings. The lowest BCUT2D eigenvalue weighted by atomic mass is 10.00. The van der Waals surface area contributed by atoms with Gasteiger partial charge in [-0.05, 0) is 42.7 Å². The minimum Gasteiger partial charge on any atom is -0.465 e.